The van der Waals surface area contributed by atoms with Gasteiger partial charge in [-0.15, -0.1) is 0 Å². The summed E-state index contributed by atoms with van der Waals surface area (Å²) in [5.41, 5.74) is 6.55. The Morgan fingerprint density at radius 2 is 1.85 bits per heavy atom. The second-order valence-corrected chi connectivity index (χ2v) is 5.87. The minimum Gasteiger partial charge on any atom is -0.281 e. The van der Waals surface area contributed by atoms with Crippen LogP contribution in [0.25, 0.3) is 0 Å². The van der Waals surface area contributed by atoms with Gasteiger partial charge >= 0.3 is 0 Å². The summed E-state index contributed by atoms with van der Waals surface area (Å²) in [5.74, 6) is 0.0913. The molecule has 0 amide bonds. The molecule has 0 bridgehead atoms. The molecule has 1 nitrogen and oxygen atoms in total. The van der Waals surface area contributed by atoms with Gasteiger partial charge in [-0.1, -0.05) is 42.5 Å². The van der Waals surface area contributed by atoms with Gasteiger partial charge in [-0.25, -0.2) is 0 Å². The van der Waals surface area contributed by atoms with Crippen LogP contribution in [-0.4, -0.2) is 5.24 Å². The van der Waals surface area contributed by atoms with Crippen LogP contribution in [0.2, 0.25) is 0 Å². The van der Waals surface area contributed by atoms with Gasteiger partial charge in [0, 0.05) is 12.3 Å². The average Bonchev–Trinajstić information content (AvgIpc) is 2.58. The van der Waals surface area contributed by atoms with E-state index in [1.54, 1.807) is 0 Å². The van der Waals surface area contributed by atoms with E-state index in [2.05, 4.69) is 43.3 Å². The van der Waals surface area contributed by atoms with Gasteiger partial charge in [0.05, 0.1) is 0 Å². The molecule has 0 heterocycles. The number of hydrogen-bond donors (Lipinski definition) is 0. The molecule has 0 N–H and O–H groups in total. The number of carbonyl (C=O) groups excluding carboxylic acids is 1. The highest BCUT2D eigenvalue weighted by Gasteiger charge is 2.25. The van der Waals surface area contributed by atoms with Gasteiger partial charge in [0.25, 0.3) is 0 Å². The summed E-state index contributed by atoms with van der Waals surface area (Å²) in [6.07, 6.45) is 2.43. The first-order chi connectivity index (χ1) is 9.66. The molecule has 2 aromatic carbocycles. The van der Waals surface area contributed by atoms with Crippen molar-refractivity contribution in [3.05, 3.63) is 70.3 Å². The van der Waals surface area contributed by atoms with Gasteiger partial charge in [-0.2, -0.15) is 0 Å². The van der Waals surface area contributed by atoms with Crippen LogP contribution in [-0.2, 0) is 17.6 Å². The van der Waals surface area contributed by atoms with Crippen molar-refractivity contribution in [1.29, 1.82) is 0 Å². The molecule has 3 rings (SSSR count). The first-order valence-corrected chi connectivity index (χ1v) is 7.39. The molecule has 0 spiro atoms. The Morgan fingerprint density at radius 3 is 2.65 bits per heavy atom. The lowest BCUT2D eigenvalue weighted by Crippen LogP contribution is -2.07. The summed E-state index contributed by atoms with van der Waals surface area (Å²) in [6.45, 7) is 2.15. The van der Waals surface area contributed by atoms with Crippen molar-refractivity contribution in [3.8, 4) is 0 Å². The number of hydrogen-bond acceptors (Lipinski definition) is 1. The zero-order valence-corrected chi connectivity index (χ0v) is 12.3. The zero-order valence-electron chi connectivity index (χ0n) is 11.5. The van der Waals surface area contributed by atoms with Gasteiger partial charge in [0.15, 0.2) is 0 Å². The number of halogens is 1. The largest absolute Gasteiger partial charge is 0.281 e. The summed E-state index contributed by atoms with van der Waals surface area (Å²) in [6, 6.07) is 14.8. The topological polar surface area (TPSA) is 17.1 Å². The molecule has 0 radical (unpaired) electrons. The van der Waals surface area contributed by atoms with Gasteiger partial charge in [-0.3, -0.25) is 4.79 Å². The maximum Gasteiger partial charge on any atom is 0.222 e. The summed E-state index contributed by atoms with van der Waals surface area (Å²) in [5, 5.41) is -0.265. The van der Waals surface area contributed by atoms with Crippen LogP contribution in [0.4, 0.5) is 0 Å². The van der Waals surface area contributed by atoms with Crippen molar-refractivity contribution in [2.45, 2.75) is 32.1 Å². The van der Waals surface area contributed by atoms with Crippen LogP contribution in [0.15, 0.2) is 42.5 Å². The molecule has 1 aliphatic carbocycles. The van der Waals surface area contributed by atoms with E-state index in [9.17, 15) is 4.79 Å². The normalized spacial score (nSPS) is 17.0. The summed E-state index contributed by atoms with van der Waals surface area (Å²) < 4.78 is 0. The lowest BCUT2D eigenvalue weighted by Gasteiger charge is -2.19. The Labute approximate surface area is 124 Å². The van der Waals surface area contributed by atoms with Crippen molar-refractivity contribution >= 4 is 16.8 Å². The van der Waals surface area contributed by atoms with Crippen molar-refractivity contribution < 1.29 is 4.79 Å². The molecule has 1 unspecified atom stereocenters. The molecule has 102 valence electrons. The maximum absolute atomic E-state index is 11.5. The predicted octanol–water partition coefficient (Wildman–Crippen LogP) is 4.38. The smallest absolute Gasteiger partial charge is 0.222 e. The third-order valence-corrected chi connectivity index (χ3v) is 4.42. The van der Waals surface area contributed by atoms with E-state index in [1.165, 1.54) is 27.8 Å². The van der Waals surface area contributed by atoms with Crippen LogP contribution in [0.5, 0.6) is 0 Å². The molecule has 0 saturated carbocycles. The Bertz CT molecular complexity index is 660. The van der Waals surface area contributed by atoms with Gasteiger partial charge in [0.2, 0.25) is 5.24 Å². The molecule has 0 saturated heterocycles. The highest BCUT2D eigenvalue weighted by atomic mass is 35.5. The summed E-state index contributed by atoms with van der Waals surface area (Å²) in [7, 11) is 0. The molecule has 0 aliphatic heterocycles. The average molecular weight is 285 g/mol. The van der Waals surface area contributed by atoms with Gasteiger partial charge in [0.1, 0.15) is 0 Å². The molecule has 1 atom stereocenters. The molecule has 0 aromatic heterocycles. The fourth-order valence-corrected chi connectivity index (χ4v) is 3.46. The van der Waals surface area contributed by atoms with E-state index >= 15 is 0 Å². The minimum atomic E-state index is -0.265. The predicted molar refractivity (Wildman–Crippen MR) is 82.3 cm³/mol. The molecule has 2 aromatic rings. The summed E-state index contributed by atoms with van der Waals surface area (Å²) >= 11 is 5.70. The van der Waals surface area contributed by atoms with E-state index in [-0.39, 0.29) is 11.2 Å². The number of rotatable bonds is 2. The summed E-state index contributed by atoms with van der Waals surface area (Å²) in [4.78, 5) is 11.5. The van der Waals surface area contributed by atoms with E-state index in [0.717, 1.165) is 12.8 Å². The Kier molecular flexibility index (Phi) is 3.62. The molecule has 1 aliphatic rings. The number of aryl methyl sites for hydroxylation is 2. The van der Waals surface area contributed by atoms with Gasteiger partial charge < -0.3 is 0 Å². The number of fused-ring (bicyclic) bond motifs is 2. The van der Waals surface area contributed by atoms with Crippen LogP contribution in [0, 0.1) is 6.92 Å². The van der Waals surface area contributed by atoms with Crippen LogP contribution < -0.4 is 0 Å². The quantitative estimate of drug-likeness (QED) is 0.748. The Balaban J connectivity index is 2.19. The second-order valence-electron chi connectivity index (χ2n) is 5.45. The van der Waals surface area contributed by atoms with Crippen molar-refractivity contribution in [1.82, 2.24) is 0 Å². The standard InChI is InChI=1S/C18H17ClO/c1-12-5-4-8-16-14(12)10-9-13-6-2-3-7-15(13)17(16)11-18(19)20/h2-8,17H,9-11H2,1H3. The van der Waals surface area contributed by atoms with Crippen LogP contribution >= 0.6 is 11.6 Å². The first-order valence-electron chi connectivity index (χ1n) is 7.01. The fourth-order valence-electron chi connectivity index (χ4n) is 3.30. The van der Waals surface area contributed by atoms with Crippen molar-refractivity contribution in [2.75, 3.05) is 0 Å². The SMILES string of the molecule is Cc1cccc2c1CCc1ccccc1C2CC(=O)Cl. The molecule has 20 heavy (non-hydrogen) atoms. The lowest BCUT2D eigenvalue weighted by atomic mass is 9.85. The highest BCUT2D eigenvalue weighted by Crippen LogP contribution is 2.37. The van der Waals surface area contributed by atoms with E-state index in [1.807, 2.05) is 6.07 Å². The number of benzene rings is 2. The van der Waals surface area contributed by atoms with Gasteiger partial charge in [-0.05, 0) is 59.2 Å². The Hall–Kier alpha value is -1.60. The van der Waals surface area contributed by atoms with Crippen LogP contribution in [0.1, 0.15) is 40.2 Å². The highest BCUT2D eigenvalue weighted by molar-refractivity contribution is 6.63. The van der Waals surface area contributed by atoms with Crippen molar-refractivity contribution in [3.63, 3.8) is 0 Å². The monoisotopic (exact) mass is 284 g/mol. The second kappa shape index (κ2) is 5.41. The minimum absolute atomic E-state index is 0.0913. The number of carbonyl (C=O) groups is 1. The van der Waals surface area contributed by atoms with E-state index in [4.69, 9.17) is 11.6 Å². The van der Waals surface area contributed by atoms with Crippen molar-refractivity contribution in [2.24, 2.45) is 0 Å². The zero-order chi connectivity index (χ0) is 14.1. The van der Waals surface area contributed by atoms with E-state index in [0.29, 0.717) is 6.42 Å². The van der Waals surface area contributed by atoms with E-state index < -0.39 is 0 Å². The third kappa shape index (κ3) is 2.38. The third-order valence-electron chi connectivity index (χ3n) is 4.26. The Morgan fingerprint density at radius 1 is 1.10 bits per heavy atom. The fraction of sp³-hybridized carbons (Fsp3) is 0.278. The first kappa shape index (κ1) is 13.4. The van der Waals surface area contributed by atoms with Crippen LogP contribution in [0.3, 0.4) is 0 Å². The lowest BCUT2D eigenvalue weighted by molar-refractivity contribution is -0.111. The molecular weight excluding hydrogens is 268 g/mol. The molecule has 0 fully saturated rings. The molecule has 2 heteroatoms. The molecular formula is C18H17ClO. The maximum atomic E-state index is 11.5.